The first-order chi connectivity index (χ1) is 11.7. The lowest BCUT2D eigenvalue weighted by Crippen LogP contribution is -2.35. The number of nitrogens with zero attached hydrogens (tertiary/aromatic N) is 3. The van der Waals surface area contributed by atoms with Crippen LogP contribution in [0.4, 0.5) is 5.95 Å². The molecule has 0 aromatic carbocycles. The molecule has 2 aliphatic rings. The van der Waals surface area contributed by atoms with Crippen LogP contribution in [0.25, 0.3) is 0 Å². The Bertz CT molecular complexity index is 508. The minimum Gasteiger partial charge on any atom is -0.341 e. The average Bonchev–Trinajstić information content (AvgIpc) is 2.55. The molecule has 1 aromatic rings. The lowest BCUT2D eigenvalue weighted by molar-refractivity contribution is 0.429. The van der Waals surface area contributed by atoms with Crippen LogP contribution >= 0.6 is 11.8 Å². The minimum atomic E-state index is 0.333. The topological polar surface area (TPSA) is 41.1 Å². The summed E-state index contributed by atoms with van der Waals surface area (Å²) in [6, 6.07) is 0.981. The molecule has 2 saturated heterocycles. The molecule has 3 heterocycles. The van der Waals surface area contributed by atoms with E-state index in [1.807, 2.05) is 0 Å². The van der Waals surface area contributed by atoms with Gasteiger partial charge in [-0.1, -0.05) is 19.3 Å². The molecule has 0 bridgehead atoms. The second-order valence-corrected chi connectivity index (χ2v) is 8.47. The zero-order valence-electron chi connectivity index (χ0n) is 15.3. The molecule has 0 spiro atoms. The van der Waals surface area contributed by atoms with Crippen molar-refractivity contribution in [3.8, 4) is 0 Å². The van der Waals surface area contributed by atoms with Crippen LogP contribution in [0, 0.1) is 6.92 Å². The zero-order chi connectivity index (χ0) is 16.8. The first-order valence-corrected chi connectivity index (χ1v) is 10.8. The molecular formula is C19H32N4S. The summed E-state index contributed by atoms with van der Waals surface area (Å²) in [5.41, 5.74) is 2.39. The Morgan fingerprint density at radius 3 is 2.46 bits per heavy atom. The fourth-order valence-electron chi connectivity index (χ4n) is 3.80. The Kier molecular flexibility index (Phi) is 6.78. The molecule has 1 N–H and O–H groups in total. The van der Waals surface area contributed by atoms with Gasteiger partial charge in [0.05, 0.1) is 0 Å². The maximum atomic E-state index is 4.85. The molecule has 0 aliphatic carbocycles. The second kappa shape index (κ2) is 9.04. The van der Waals surface area contributed by atoms with Gasteiger partial charge in [-0.15, -0.1) is 0 Å². The standard InChI is InChI=1S/C19H32N4S/c1-15(21-17-8-12-24-13-9-17)18-14-20-19(22-16(18)2)23-10-6-4-3-5-7-11-23/h14-15,17,21H,3-13H2,1-2H3. The van der Waals surface area contributed by atoms with Crippen molar-refractivity contribution in [1.29, 1.82) is 0 Å². The van der Waals surface area contributed by atoms with Crippen molar-refractivity contribution in [2.24, 2.45) is 0 Å². The highest BCUT2D eigenvalue weighted by molar-refractivity contribution is 7.99. The quantitative estimate of drug-likeness (QED) is 0.887. The Morgan fingerprint density at radius 2 is 1.79 bits per heavy atom. The van der Waals surface area contributed by atoms with Gasteiger partial charge in [-0.25, -0.2) is 9.97 Å². The third kappa shape index (κ3) is 4.85. The number of aromatic nitrogens is 2. The normalized spacial score (nSPS) is 22.0. The van der Waals surface area contributed by atoms with E-state index in [4.69, 9.17) is 9.97 Å². The fraction of sp³-hybridized carbons (Fsp3) is 0.789. The van der Waals surface area contributed by atoms with Crippen LogP contribution in [0.2, 0.25) is 0 Å². The van der Waals surface area contributed by atoms with E-state index in [0.717, 1.165) is 24.7 Å². The van der Waals surface area contributed by atoms with Gasteiger partial charge in [0.2, 0.25) is 5.95 Å². The van der Waals surface area contributed by atoms with Gasteiger partial charge in [0.1, 0.15) is 0 Å². The number of hydrogen-bond donors (Lipinski definition) is 1. The van der Waals surface area contributed by atoms with Crippen molar-refractivity contribution in [3.05, 3.63) is 17.5 Å². The first-order valence-electron chi connectivity index (χ1n) is 9.66. The van der Waals surface area contributed by atoms with Crippen LogP contribution in [-0.4, -0.2) is 40.6 Å². The van der Waals surface area contributed by atoms with E-state index >= 15 is 0 Å². The number of aryl methyl sites for hydroxylation is 1. The van der Waals surface area contributed by atoms with E-state index < -0.39 is 0 Å². The molecule has 1 aromatic heterocycles. The molecule has 2 aliphatic heterocycles. The van der Waals surface area contributed by atoms with Gasteiger partial charge in [-0.3, -0.25) is 0 Å². The van der Waals surface area contributed by atoms with Gasteiger partial charge in [-0.05, 0) is 51.0 Å². The summed E-state index contributed by atoms with van der Waals surface area (Å²) in [5, 5.41) is 3.79. The Hall–Kier alpha value is -0.810. The molecule has 1 unspecified atom stereocenters. The SMILES string of the molecule is Cc1nc(N2CCCCCCC2)ncc1C(C)NC1CCSCC1. The van der Waals surface area contributed by atoms with Crippen LogP contribution < -0.4 is 10.2 Å². The second-order valence-electron chi connectivity index (χ2n) is 7.24. The van der Waals surface area contributed by atoms with Crippen molar-refractivity contribution < 1.29 is 0 Å². The largest absolute Gasteiger partial charge is 0.341 e. The molecule has 24 heavy (non-hydrogen) atoms. The summed E-state index contributed by atoms with van der Waals surface area (Å²) >= 11 is 2.08. The Morgan fingerprint density at radius 1 is 1.12 bits per heavy atom. The van der Waals surface area contributed by atoms with Crippen LogP contribution in [-0.2, 0) is 0 Å². The molecule has 0 saturated carbocycles. The maximum absolute atomic E-state index is 4.85. The molecule has 134 valence electrons. The molecule has 2 fully saturated rings. The average molecular weight is 349 g/mol. The fourth-order valence-corrected chi connectivity index (χ4v) is 4.90. The third-order valence-corrected chi connectivity index (χ3v) is 6.37. The van der Waals surface area contributed by atoms with Crippen molar-refractivity contribution in [2.75, 3.05) is 29.5 Å². The summed E-state index contributed by atoms with van der Waals surface area (Å²) in [6.45, 7) is 6.60. The highest BCUT2D eigenvalue weighted by atomic mass is 32.2. The molecule has 0 amide bonds. The number of thioether (sulfide) groups is 1. The summed E-state index contributed by atoms with van der Waals surface area (Å²) in [5.74, 6) is 3.50. The lowest BCUT2D eigenvalue weighted by atomic mass is 10.1. The van der Waals surface area contributed by atoms with Crippen molar-refractivity contribution >= 4 is 17.7 Å². The van der Waals surface area contributed by atoms with Crippen molar-refractivity contribution in [1.82, 2.24) is 15.3 Å². The van der Waals surface area contributed by atoms with Gasteiger partial charge in [0, 0.05) is 42.6 Å². The van der Waals surface area contributed by atoms with E-state index in [1.54, 1.807) is 0 Å². The molecule has 0 radical (unpaired) electrons. The summed E-state index contributed by atoms with van der Waals surface area (Å²) in [7, 11) is 0. The van der Waals surface area contributed by atoms with Gasteiger partial charge in [0.15, 0.2) is 0 Å². The van der Waals surface area contributed by atoms with Crippen LogP contribution in [0.15, 0.2) is 6.20 Å². The van der Waals surface area contributed by atoms with E-state index in [9.17, 15) is 0 Å². The maximum Gasteiger partial charge on any atom is 0.225 e. The minimum absolute atomic E-state index is 0.333. The van der Waals surface area contributed by atoms with E-state index in [0.29, 0.717) is 12.1 Å². The Labute approximate surface area is 151 Å². The lowest BCUT2D eigenvalue weighted by Gasteiger charge is -2.28. The van der Waals surface area contributed by atoms with Crippen LogP contribution in [0.1, 0.15) is 69.2 Å². The first kappa shape index (κ1) is 18.0. The van der Waals surface area contributed by atoms with Gasteiger partial charge >= 0.3 is 0 Å². The van der Waals surface area contributed by atoms with E-state index in [2.05, 4.69) is 42.0 Å². The Balaban J connectivity index is 1.64. The smallest absolute Gasteiger partial charge is 0.225 e. The number of anilines is 1. The van der Waals surface area contributed by atoms with Gasteiger partial charge < -0.3 is 10.2 Å². The van der Waals surface area contributed by atoms with Crippen molar-refractivity contribution in [2.45, 2.75) is 70.9 Å². The van der Waals surface area contributed by atoms with E-state index in [1.165, 1.54) is 62.0 Å². The molecule has 4 nitrogen and oxygen atoms in total. The van der Waals surface area contributed by atoms with Crippen molar-refractivity contribution in [3.63, 3.8) is 0 Å². The summed E-state index contributed by atoms with van der Waals surface area (Å²) in [4.78, 5) is 12.0. The predicted octanol–water partition coefficient (Wildman–Crippen LogP) is 4.10. The monoisotopic (exact) mass is 348 g/mol. The third-order valence-electron chi connectivity index (χ3n) is 5.32. The predicted molar refractivity (Wildman–Crippen MR) is 104 cm³/mol. The molecule has 5 heteroatoms. The van der Waals surface area contributed by atoms with Gasteiger partial charge in [0.25, 0.3) is 0 Å². The highest BCUT2D eigenvalue weighted by Gasteiger charge is 2.19. The highest BCUT2D eigenvalue weighted by Crippen LogP contribution is 2.23. The van der Waals surface area contributed by atoms with Crippen LogP contribution in [0.5, 0.6) is 0 Å². The summed E-state index contributed by atoms with van der Waals surface area (Å²) in [6.07, 6.45) is 11.2. The van der Waals surface area contributed by atoms with Crippen LogP contribution in [0.3, 0.4) is 0 Å². The molecule has 3 rings (SSSR count). The van der Waals surface area contributed by atoms with E-state index in [-0.39, 0.29) is 0 Å². The zero-order valence-corrected chi connectivity index (χ0v) is 16.1. The molecular weight excluding hydrogens is 316 g/mol. The molecule has 1 atom stereocenters. The summed E-state index contributed by atoms with van der Waals surface area (Å²) < 4.78 is 0. The number of rotatable bonds is 4. The number of nitrogens with one attached hydrogen (secondary N) is 1. The van der Waals surface area contributed by atoms with Gasteiger partial charge in [-0.2, -0.15) is 11.8 Å². The number of hydrogen-bond acceptors (Lipinski definition) is 5.